The summed E-state index contributed by atoms with van der Waals surface area (Å²) in [6, 6.07) is 5.31. The molecule has 4 nitrogen and oxygen atoms in total. The van der Waals surface area contributed by atoms with Crippen LogP contribution >= 0.6 is 0 Å². The lowest BCUT2D eigenvalue weighted by molar-refractivity contribution is -0.138. The molecule has 2 rings (SSSR count). The summed E-state index contributed by atoms with van der Waals surface area (Å²) in [6.45, 7) is 1.64. The summed E-state index contributed by atoms with van der Waals surface area (Å²) in [5, 5.41) is 13.3. The minimum atomic E-state index is -0.848. The molecule has 0 aliphatic rings. The third-order valence-corrected chi connectivity index (χ3v) is 2.27. The number of carboxylic acid groups (broad SMARTS) is 1. The Balaban J connectivity index is 2.61. The van der Waals surface area contributed by atoms with E-state index in [4.69, 9.17) is 9.63 Å². The van der Waals surface area contributed by atoms with E-state index >= 15 is 0 Å². The first-order valence-electron chi connectivity index (χ1n) is 4.26. The SMILES string of the molecule is CC(C(=O)O)c1cccc2oncc12. The van der Waals surface area contributed by atoms with Gasteiger partial charge in [-0.15, -0.1) is 0 Å². The van der Waals surface area contributed by atoms with Gasteiger partial charge in [0.15, 0.2) is 5.58 Å². The molecule has 0 spiro atoms. The number of rotatable bonds is 2. The van der Waals surface area contributed by atoms with Crippen molar-refractivity contribution in [3.8, 4) is 0 Å². The summed E-state index contributed by atoms with van der Waals surface area (Å²) >= 11 is 0. The Labute approximate surface area is 80.1 Å². The molecule has 0 saturated carbocycles. The predicted octanol–water partition coefficient (Wildman–Crippen LogP) is 2.02. The van der Waals surface area contributed by atoms with E-state index in [1.807, 2.05) is 0 Å². The Morgan fingerprint density at radius 1 is 1.57 bits per heavy atom. The molecule has 1 aromatic heterocycles. The Kier molecular flexibility index (Phi) is 1.96. The molecule has 0 bridgehead atoms. The minimum absolute atomic E-state index is 0.543. The van der Waals surface area contributed by atoms with Crippen LogP contribution in [0.5, 0.6) is 0 Å². The maximum absolute atomic E-state index is 10.8. The highest BCUT2D eigenvalue weighted by Crippen LogP contribution is 2.25. The van der Waals surface area contributed by atoms with Crippen LogP contribution in [0.1, 0.15) is 18.4 Å². The lowest BCUT2D eigenvalue weighted by Gasteiger charge is -2.06. The minimum Gasteiger partial charge on any atom is -0.481 e. The quantitative estimate of drug-likeness (QED) is 0.788. The van der Waals surface area contributed by atoms with Crippen LogP contribution in [-0.2, 0) is 4.79 Å². The largest absolute Gasteiger partial charge is 0.481 e. The van der Waals surface area contributed by atoms with Crippen LogP contribution in [0, 0.1) is 0 Å². The molecule has 1 N–H and O–H groups in total. The first kappa shape index (κ1) is 8.74. The van der Waals surface area contributed by atoms with E-state index in [0.717, 1.165) is 10.9 Å². The van der Waals surface area contributed by atoms with Crippen molar-refractivity contribution in [2.45, 2.75) is 12.8 Å². The van der Waals surface area contributed by atoms with Gasteiger partial charge in [-0.1, -0.05) is 17.3 Å². The fourth-order valence-corrected chi connectivity index (χ4v) is 1.43. The van der Waals surface area contributed by atoms with E-state index in [0.29, 0.717) is 5.58 Å². The van der Waals surface area contributed by atoms with Crippen LogP contribution in [0.15, 0.2) is 28.9 Å². The van der Waals surface area contributed by atoms with E-state index < -0.39 is 11.9 Å². The van der Waals surface area contributed by atoms with Gasteiger partial charge in [0.1, 0.15) is 0 Å². The number of nitrogens with zero attached hydrogens (tertiary/aromatic N) is 1. The second kappa shape index (κ2) is 3.14. The molecule has 0 aliphatic heterocycles. The van der Waals surface area contributed by atoms with Crippen LogP contribution in [0.3, 0.4) is 0 Å². The van der Waals surface area contributed by atoms with Crippen molar-refractivity contribution < 1.29 is 14.4 Å². The first-order chi connectivity index (χ1) is 6.70. The van der Waals surface area contributed by atoms with Gasteiger partial charge in [-0.2, -0.15) is 0 Å². The van der Waals surface area contributed by atoms with Gasteiger partial charge in [0.2, 0.25) is 0 Å². The van der Waals surface area contributed by atoms with Gasteiger partial charge < -0.3 is 9.63 Å². The van der Waals surface area contributed by atoms with Gasteiger partial charge in [0.05, 0.1) is 12.1 Å². The molecule has 14 heavy (non-hydrogen) atoms. The number of carbonyl (C=O) groups is 1. The smallest absolute Gasteiger partial charge is 0.310 e. The molecule has 1 unspecified atom stereocenters. The van der Waals surface area contributed by atoms with Gasteiger partial charge in [-0.25, -0.2) is 0 Å². The molecular weight excluding hydrogens is 182 g/mol. The second-order valence-corrected chi connectivity index (χ2v) is 3.14. The van der Waals surface area contributed by atoms with Gasteiger partial charge in [0.25, 0.3) is 0 Å². The average molecular weight is 191 g/mol. The molecule has 0 radical (unpaired) electrons. The molecule has 72 valence electrons. The highest BCUT2D eigenvalue weighted by atomic mass is 16.5. The summed E-state index contributed by atoms with van der Waals surface area (Å²) in [4.78, 5) is 10.8. The van der Waals surface area contributed by atoms with Crippen molar-refractivity contribution in [1.82, 2.24) is 5.16 Å². The van der Waals surface area contributed by atoms with Crippen molar-refractivity contribution >= 4 is 16.9 Å². The highest BCUT2D eigenvalue weighted by Gasteiger charge is 2.17. The fourth-order valence-electron chi connectivity index (χ4n) is 1.43. The summed E-state index contributed by atoms with van der Waals surface area (Å²) in [5.74, 6) is -1.39. The van der Waals surface area contributed by atoms with E-state index in [-0.39, 0.29) is 0 Å². The van der Waals surface area contributed by atoms with Crippen LogP contribution in [0.2, 0.25) is 0 Å². The van der Waals surface area contributed by atoms with Gasteiger partial charge in [-0.05, 0) is 18.6 Å². The zero-order chi connectivity index (χ0) is 10.1. The number of aliphatic carboxylic acids is 1. The predicted molar refractivity (Wildman–Crippen MR) is 50.1 cm³/mol. The number of carboxylic acids is 1. The molecule has 0 amide bonds. The first-order valence-corrected chi connectivity index (χ1v) is 4.26. The number of hydrogen-bond donors (Lipinski definition) is 1. The number of aromatic nitrogens is 1. The lowest BCUT2D eigenvalue weighted by Crippen LogP contribution is -2.07. The number of hydrogen-bond acceptors (Lipinski definition) is 3. The Morgan fingerprint density at radius 2 is 2.36 bits per heavy atom. The fraction of sp³-hybridized carbons (Fsp3) is 0.200. The van der Waals surface area contributed by atoms with Gasteiger partial charge in [0, 0.05) is 5.39 Å². The number of benzene rings is 1. The molecule has 1 aromatic carbocycles. The zero-order valence-electron chi connectivity index (χ0n) is 7.60. The molecule has 0 aliphatic carbocycles. The van der Waals surface area contributed by atoms with Crippen LogP contribution < -0.4 is 0 Å². The Bertz CT molecular complexity index is 475. The second-order valence-electron chi connectivity index (χ2n) is 3.14. The third kappa shape index (κ3) is 1.25. The Hall–Kier alpha value is -1.84. The monoisotopic (exact) mass is 191 g/mol. The highest BCUT2D eigenvalue weighted by molar-refractivity contribution is 5.86. The van der Waals surface area contributed by atoms with Gasteiger partial charge in [-0.3, -0.25) is 4.79 Å². The van der Waals surface area contributed by atoms with E-state index in [2.05, 4.69) is 5.16 Å². The molecule has 1 atom stereocenters. The molecule has 2 aromatic rings. The summed E-state index contributed by atoms with van der Waals surface area (Å²) in [7, 11) is 0. The Morgan fingerprint density at radius 3 is 3.07 bits per heavy atom. The topological polar surface area (TPSA) is 63.3 Å². The molecule has 0 saturated heterocycles. The summed E-state index contributed by atoms with van der Waals surface area (Å²) in [6.07, 6.45) is 1.55. The normalized spacial score (nSPS) is 12.9. The van der Waals surface area contributed by atoms with E-state index in [9.17, 15) is 4.79 Å². The molecule has 0 fully saturated rings. The van der Waals surface area contributed by atoms with Crippen molar-refractivity contribution in [2.75, 3.05) is 0 Å². The van der Waals surface area contributed by atoms with E-state index in [1.54, 1.807) is 31.3 Å². The lowest BCUT2D eigenvalue weighted by atomic mass is 9.98. The van der Waals surface area contributed by atoms with Crippen LogP contribution in [0.4, 0.5) is 0 Å². The van der Waals surface area contributed by atoms with Crippen molar-refractivity contribution in [3.05, 3.63) is 30.0 Å². The van der Waals surface area contributed by atoms with Gasteiger partial charge >= 0.3 is 5.97 Å². The molecule has 1 heterocycles. The molecular formula is C10H9NO3. The maximum atomic E-state index is 10.8. The van der Waals surface area contributed by atoms with Crippen molar-refractivity contribution in [3.63, 3.8) is 0 Å². The van der Waals surface area contributed by atoms with Crippen LogP contribution in [-0.4, -0.2) is 16.2 Å². The van der Waals surface area contributed by atoms with Crippen molar-refractivity contribution in [1.29, 1.82) is 0 Å². The maximum Gasteiger partial charge on any atom is 0.310 e. The zero-order valence-corrected chi connectivity index (χ0v) is 7.60. The summed E-state index contributed by atoms with van der Waals surface area (Å²) < 4.78 is 4.95. The third-order valence-electron chi connectivity index (χ3n) is 2.27. The standard InChI is InChI=1S/C10H9NO3/c1-6(10(12)13)7-3-2-4-9-8(7)5-11-14-9/h2-6H,1H3,(H,12,13). The number of fused-ring (bicyclic) bond motifs is 1. The van der Waals surface area contributed by atoms with Crippen molar-refractivity contribution in [2.24, 2.45) is 0 Å². The van der Waals surface area contributed by atoms with Crippen LogP contribution in [0.25, 0.3) is 11.0 Å². The van der Waals surface area contributed by atoms with E-state index in [1.165, 1.54) is 0 Å². The molecule has 4 heteroatoms. The average Bonchev–Trinajstić information content (AvgIpc) is 2.63. The summed E-state index contributed by atoms with van der Waals surface area (Å²) in [5.41, 5.74) is 1.35.